The van der Waals surface area contributed by atoms with Gasteiger partial charge in [0.2, 0.25) is 5.72 Å². The van der Waals surface area contributed by atoms with Crippen LogP contribution in [0.1, 0.15) is 27.9 Å². The number of hydrazone groups is 1. The van der Waals surface area contributed by atoms with Crippen molar-refractivity contribution in [3.8, 4) is 0 Å². The van der Waals surface area contributed by atoms with Crippen molar-refractivity contribution >= 4 is 34.8 Å². The fraction of sp³-hybridized carbons (Fsp3) is 0.300. The monoisotopic (exact) mass is 516 g/mol. The summed E-state index contributed by atoms with van der Waals surface area (Å²) >= 11 is 11.7. The van der Waals surface area contributed by atoms with Gasteiger partial charge in [0.25, 0.3) is 5.91 Å². The first-order valence-corrected chi connectivity index (χ1v) is 9.77. The maximum absolute atomic E-state index is 14.8. The molecule has 1 aliphatic rings. The van der Waals surface area contributed by atoms with Gasteiger partial charge in [-0.1, -0.05) is 41.4 Å². The maximum atomic E-state index is 14.8. The molecular formula is C20H13Cl2F7N2O2. The third-order valence-corrected chi connectivity index (χ3v) is 5.53. The molecule has 0 saturated heterocycles. The second-order valence-corrected chi connectivity index (χ2v) is 8.14. The Balaban J connectivity index is 2.18. The lowest BCUT2D eigenvalue weighted by molar-refractivity contribution is -0.400. The van der Waals surface area contributed by atoms with Crippen LogP contribution in [0.25, 0.3) is 0 Å². The van der Waals surface area contributed by atoms with Crippen molar-refractivity contribution in [3.05, 3.63) is 69.2 Å². The molecule has 0 unspecified atom stereocenters. The number of alkyl halides is 7. The number of rotatable bonds is 4. The lowest BCUT2D eigenvalue weighted by Crippen LogP contribution is -2.69. The minimum atomic E-state index is -6.74. The van der Waals surface area contributed by atoms with Crippen molar-refractivity contribution in [1.82, 2.24) is 5.01 Å². The molecule has 4 nitrogen and oxygen atoms in total. The number of amides is 1. The summed E-state index contributed by atoms with van der Waals surface area (Å²) in [4.78, 5) is 12.9. The molecule has 33 heavy (non-hydrogen) atoms. The molecule has 2 aromatic carbocycles. The van der Waals surface area contributed by atoms with Crippen LogP contribution >= 0.6 is 23.2 Å². The molecule has 0 radical (unpaired) electrons. The van der Waals surface area contributed by atoms with Crippen LogP contribution in [0.5, 0.6) is 0 Å². The molecule has 0 saturated carbocycles. The molecule has 0 aromatic heterocycles. The van der Waals surface area contributed by atoms with E-state index in [0.717, 1.165) is 6.07 Å². The van der Waals surface area contributed by atoms with E-state index in [2.05, 4.69) is 5.10 Å². The van der Waals surface area contributed by atoms with Gasteiger partial charge >= 0.3 is 18.0 Å². The van der Waals surface area contributed by atoms with Crippen LogP contribution in [0, 0.1) is 6.92 Å². The molecule has 2 aromatic rings. The molecular weight excluding hydrogens is 504 g/mol. The van der Waals surface area contributed by atoms with Gasteiger partial charge in [0, 0.05) is 11.4 Å². The Labute approximate surface area is 192 Å². The summed E-state index contributed by atoms with van der Waals surface area (Å²) in [6, 6.07) is 8.53. The van der Waals surface area contributed by atoms with Crippen LogP contribution in [0.3, 0.4) is 0 Å². The van der Waals surface area contributed by atoms with Crippen LogP contribution in [0.15, 0.2) is 47.6 Å². The van der Waals surface area contributed by atoms with E-state index in [0.29, 0.717) is 5.56 Å². The second kappa shape index (κ2) is 8.14. The van der Waals surface area contributed by atoms with E-state index in [1.807, 2.05) is 0 Å². The van der Waals surface area contributed by atoms with Gasteiger partial charge in [-0.15, -0.1) is 0 Å². The Morgan fingerprint density at radius 1 is 1.03 bits per heavy atom. The maximum Gasteiger partial charge on any atom is 0.460 e. The van der Waals surface area contributed by atoms with Gasteiger partial charge in [0.15, 0.2) is 0 Å². The fourth-order valence-corrected chi connectivity index (χ4v) is 3.59. The molecule has 178 valence electrons. The first-order chi connectivity index (χ1) is 15.0. The van der Waals surface area contributed by atoms with Gasteiger partial charge in [0.1, 0.15) is 0 Å². The summed E-state index contributed by atoms with van der Waals surface area (Å²) in [6.45, 7) is 1.57. The zero-order valence-electron chi connectivity index (χ0n) is 16.4. The summed E-state index contributed by atoms with van der Waals surface area (Å²) < 4.78 is 95.9. The molecule has 1 heterocycles. The lowest BCUT2D eigenvalue weighted by atomic mass is 9.91. The van der Waals surface area contributed by atoms with Crippen molar-refractivity contribution in [1.29, 1.82) is 0 Å². The van der Waals surface area contributed by atoms with Crippen molar-refractivity contribution in [2.24, 2.45) is 5.10 Å². The van der Waals surface area contributed by atoms with Crippen LogP contribution in [0.4, 0.5) is 30.7 Å². The first kappa shape index (κ1) is 25.3. The molecule has 13 heteroatoms. The smallest absolute Gasteiger partial charge is 0.364 e. The number of carbonyl (C=O) groups is 1. The van der Waals surface area contributed by atoms with Gasteiger partial charge in [-0.25, -0.2) is 0 Å². The van der Waals surface area contributed by atoms with E-state index in [4.69, 9.17) is 23.2 Å². The lowest BCUT2D eigenvalue weighted by Gasteiger charge is -2.41. The van der Waals surface area contributed by atoms with E-state index in [9.17, 15) is 40.6 Å². The molecule has 0 bridgehead atoms. The molecule has 0 spiro atoms. The largest absolute Gasteiger partial charge is 0.460 e. The number of halogens is 9. The van der Waals surface area contributed by atoms with Crippen LogP contribution < -0.4 is 0 Å². The average Bonchev–Trinajstić information content (AvgIpc) is 3.06. The summed E-state index contributed by atoms with van der Waals surface area (Å²) in [5.41, 5.74) is -5.00. The van der Waals surface area contributed by atoms with E-state index in [-0.39, 0.29) is 15.6 Å². The van der Waals surface area contributed by atoms with E-state index in [1.165, 1.54) is 36.4 Å². The molecule has 1 atom stereocenters. The van der Waals surface area contributed by atoms with E-state index in [1.54, 1.807) is 6.92 Å². The SMILES string of the molecule is Cc1ccc(C(=O)N2N=C(c3ccc(Cl)cc3)C[C@]2(O)C(F)(F)C(F)(F)C(F)(F)F)c(Cl)c1. The minimum Gasteiger partial charge on any atom is -0.364 e. The average molecular weight is 517 g/mol. The van der Waals surface area contributed by atoms with Gasteiger partial charge in [-0.2, -0.15) is 40.8 Å². The fourth-order valence-electron chi connectivity index (χ4n) is 3.14. The van der Waals surface area contributed by atoms with Crippen LogP contribution in [0.2, 0.25) is 10.0 Å². The number of aryl methyl sites for hydroxylation is 1. The molecule has 1 amide bonds. The van der Waals surface area contributed by atoms with Crippen LogP contribution in [-0.4, -0.2) is 45.5 Å². The van der Waals surface area contributed by atoms with E-state index >= 15 is 0 Å². The molecule has 3 rings (SSSR count). The van der Waals surface area contributed by atoms with Crippen molar-refractivity contribution in [2.75, 3.05) is 0 Å². The highest BCUT2D eigenvalue weighted by molar-refractivity contribution is 6.34. The highest BCUT2D eigenvalue weighted by Gasteiger charge is 2.82. The van der Waals surface area contributed by atoms with E-state index < -0.39 is 52.4 Å². The number of hydrogen-bond acceptors (Lipinski definition) is 3. The van der Waals surface area contributed by atoms with Gasteiger partial charge < -0.3 is 5.11 Å². The summed E-state index contributed by atoms with van der Waals surface area (Å²) in [5.74, 6) is -14.5. The quantitative estimate of drug-likeness (QED) is 0.501. The molecule has 1 aliphatic heterocycles. The van der Waals surface area contributed by atoms with Crippen molar-refractivity contribution in [2.45, 2.75) is 37.1 Å². The molecule has 0 aliphatic carbocycles. The zero-order valence-corrected chi connectivity index (χ0v) is 17.9. The summed E-state index contributed by atoms with van der Waals surface area (Å²) in [5, 5.41) is 13.5. The number of hydrogen-bond donors (Lipinski definition) is 1. The normalized spacial score (nSPS) is 19.6. The summed E-state index contributed by atoms with van der Waals surface area (Å²) in [6.07, 6.45) is -8.28. The molecule has 1 N–H and O–H groups in total. The minimum absolute atomic E-state index is 0.0470. The number of benzene rings is 2. The Morgan fingerprint density at radius 2 is 1.61 bits per heavy atom. The second-order valence-electron chi connectivity index (χ2n) is 7.29. The van der Waals surface area contributed by atoms with Gasteiger partial charge in [0.05, 0.1) is 16.3 Å². The first-order valence-electron chi connectivity index (χ1n) is 9.02. The Bertz CT molecular complexity index is 1120. The number of carbonyl (C=O) groups excluding carboxylic acids is 1. The Morgan fingerprint density at radius 3 is 2.12 bits per heavy atom. The Kier molecular flexibility index (Phi) is 6.23. The van der Waals surface area contributed by atoms with Crippen molar-refractivity contribution < 1.29 is 40.6 Å². The van der Waals surface area contributed by atoms with Gasteiger partial charge in [-0.3, -0.25) is 4.79 Å². The number of nitrogens with zero attached hydrogens (tertiary/aromatic N) is 2. The third kappa shape index (κ3) is 4.06. The standard InChI is InChI=1S/C20H13Cl2F7N2O2/c1-10-2-7-13(14(22)8-10)16(32)31-17(33,18(23,24)19(25,26)20(27,28)29)9-15(30-31)11-3-5-12(21)6-4-11/h2-8,33H,9H2,1H3/t17-/m0/s1. The molecule has 0 fully saturated rings. The predicted molar refractivity (Wildman–Crippen MR) is 106 cm³/mol. The van der Waals surface area contributed by atoms with Crippen LogP contribution in [-0.2, 0) is 0 Å². The topological polar surface area (TPSA) is 52.9 Å². The highest BCUT2D eigenvalue weighted by Crippen LogP contribution is 2.55. The highest BCUT2D eigenvalue weighted by atomic mass is 35.5. The third-order valence-electron chi connectivity index (χ3n) is 4.96. The summed E-state index contributed by atoms with van der Waals surface area (Å²) in [7, 11) is 0. The zero-order chi connectivity index (χ0) is 25.0. The number of aliphatic hydroxyl groups is 1. The van der Waals surface area contributed by atoms with Gasteiger partial charge in [-0.05, 0) is 42.3 Å². The van der Waals surface area contributed by atoms with Crippen molar-refractivity contribution in [3.63, 3.8) is 0 Å². The predicted octanol–water partition coefficient (Wildman–Crippen LogP) is 6.07. The Hall–Kier alpha value is -2.37.